The van der Waals surface area contributed by atoms with Gasteiger partial charge in [-0.2, -0.15) is 13.5 Å². The summed E-state index contributed by atoms with van der Waals surface area (Å²) in [6, 6.07) is 2.30. The molecule has 0 bridgehead atoms. The molecule has 0 saturated heterocycles. The highest BCUT2D eigenvalue weighted by Crippen LogP contribution is 2.24. The molecule has 1 atom stereocenters. The molecular formula is C11H16FN4O2S2+. The van der Waals surface area contributed by atoms with Gasteiger partial charge in [-0.15, -0.1) is 0 Å². The van der Waals surface area contributed by atoms with Gasteiger partial charge in [0.2, 0.25) is 10.0 Å². The van der Waals surface area contributed by atoms with Crippen LogP contribution in [0.3, 0.4) is 0 Å². The molecule has 2 aromatic rings. The van der Waals surface area contributed by atoms with E-state index in [1.54, 1.807) is 6.92 Å². The third kappa shape index (κ3) is 2.80. The van der Waals surface area contributed by atoms with E-state index in [4.69, 9.17) is 0 Å². The molecule has 1 aromatic carbocycles. The number of nitrogens with zero attached hydrogens (tertiary/aromatic N) is 3. The molecule has 6 nitrogen and oxygen atoms in total. The van der Waals surface area contributed by atoms with Gasteiger partial charge in [0.05, 0.1) is 32.9 Å². The molecule has 1 N–H and O–H groups in total. The number of benzene rings is 1. The molecular weight excluding hydrogens is 303 g/mol. The molecule has 0 aliphatic carbocycles. The fourth-order valence-corrected chi connectivity index (χ4v) is 3.63. The average molecular weight is 319 g/mol. The zero-order valence-electron chi connectivity index (χ0n) is 11.6. The predicted molar refractivity (Wildman–Crippen MR) is 75.2 cm³/mol. The van der Waals surface area contributed by atoms with Gasteiger partial charge in [-0.3, -0.25) is 0 Å². The third-order valence-corrected chi connectivity index (χ3v) is 5.19. The summed E-state index contributed by atoms with van der Waals surface area (Å²) in [5.74, 6) is -0.577. The number of hydrogen-bond donors (Lipinski definition) is 1. The normalized spacial score (nSPS) is 14.7. The Balaban J connectivity index is 2.48. The highest BCUT2D eigenvalue weighted by molar-refractivity contribution is 7.89. The van der Waals surface area contributed by atoms with E-state index in [1.165, 1.54) is 6.07 Å². The van der Waals surface area contributed by atoms with Gasteiger partial charge in [0.1, 0.15) is 15.9 Å². The maximum Gasteiger partial charge on any atom is 0.247 e. The minimum Gasteiger partial charge on any atom is -0.316 e. The topological polar surface area (TPSA) is 72.0 Å². The highest BCUT2D eigenvalue weighted by Gasteiger charge is 2.28. The summed E-state index contributed by atoms with van der Waals surface area (Å²) in [6.45, 7) is 1.76. The van der Waals surface area contributed by atoms with E-state index < -0.39 is 15.8 Å². The molecule has 0 amide bonds. The first-order chi connectivity index (χ1) is 9.13. The molecule has 0 radical (unpaired) electrons. The number of halogens is 1. The fraction of sp³-hybridized carbons (Fsp3) is 0.455. The number of quaternary nitrogens is 1. The van der Waals surface area contributed by atoms with Crippen molar-refractivity contribution in [1.29, 1.82) is 0 Å². The van der Waals surface area contributed by atoms with Gasteiger partial charge < -0.3 is 4.48 Å². The summed E-state index contributed by atoms with van der Waals surface area (Å²) in [5, 5.41) is 0. The van der Waals surface area contributed by atoms with Crippen LogP contribution in [0.2, 0.25) is 0 Å². The Hall–Kier alpha value is -1.16. The maximum absolute atomic E-state index is 13.5. The van der Waals surface area contributed by atoms with E-state index in [-0.39, 0.29) is 22.1 Å². The molecule has 0 saturated carbocycles. The van der Waals surface area contributed by atoms with Crippen LogP contribution in [-0.4, -0.2) is 49.0 Å². The van der Waals surface area contributed by atoms with Crippen molar-refractivity contribution in [2.24, 2.45) is 0 Å². The first kappa shape index (κ1) is 15.2. The number of fused-ring (bicyclic) bond motifs is 1. The Bertz CT molecular complexity index is 736. The maximum atomic E-state index is 13.5. The quantitative estimate of drug-likeness (QED) is 0.678. The smallest absolute Gasteiger partial charge is 0.247 e. The molecule has 110 valence electrons. The molecule has 2 rings (SSSR count). The van der Waals surface area contributed by atoms with E-state index in [2.05, 4.69) is 13.5 Å². The molecule has 0 spiro atoms. The number of sulfonamides is 1. The van der Waals surface area contributed by atoms with Crippen LogP contribution in [0.1, 0.15) is 6.92 Å². The Morgan fingerprint density at radius 1 is 1.25 bits per heavy atom. The molecule has 0 aliphatic rings. The minimum atomic E-state index is -3.78. The van der Waals surface area contributed by atoms with Crippen molar-refractivity contribution in [3.63, 3.8) is 0 Å². The summed E-state index contributed by atoms with van der Waals surface area (Å²) in [4.78, 5) is -0.0528. The van der Waals surface area contributed by atoms with Crippen LogP contribution in [0.5, 0.6) is 0 Å². The lowest BCUT2D eigenvalue weighted by Crippen LogP contribution is -2.53. The monoisotopic (exact) mass is 319 g/mol. The van der Waals surface area contributed by atoms with Crippen LogP contribution in [-0.2, 0) is 10.0 Å². The van der Waals surface area contributed by atoms with Crippen LogP contribution >= 0.6 is 11.7 Å². The molecule has 9 heteroatoms. The Morgan fingerprint density at radius 3 is 2.45 bits per heavy atom. The molecule has 20 heavy (non-hydrogen) atoms. The van der Waals surface area contributed by atoms with E-state index in [9.17, 15) is 12.8 Å². The van der Waals surface area contributed by atoms with E-state index >= 15 is 0 Å². The number of aromatic nitrogens is 2. The first-order valence-corrected chi connectivity index (χ1v) is 8.08. The Morgan fingerprint density at radius 2 is 1.85 bits per heavy atom. The van der Waals surface area contributed by atoms with Crippen molar-refractivity contribution in [2.75, 3.05) is 21.1 Å². The van der Waals surface area contributed by atoms with Crippen molar-refractivity contribution in [3.8, 4) is 0 Å². The molecule has 0 aliphatic heterocycles. The van der Waals surface area contributed by atoms with Crippen molar-refractivity contribution < 1.29 is 17.3 Å². The van der Waals surface area contributed by atoms with Crippen LogP contribution in [0.25, 0.3) is 11.0 Å². The molecule has 1 heterocycles. The van der Waals surface area contributed by atoms with E-state index in [1.807, 2.05) is 21.1 Å². The predicted octanol–water partition coefficient (Wildman–Crippen LogP) is 1.16. The number of hydrogen-bond acceptors (Lipinski definition) is 5. The van der Waals surface area contributed by atoms with Crippen LogP contribution in [0, 0.1) is 5.82 Å². The van der Waals surface area contributed by atoms with Gasteiger partial charge in [0.25, 0.3) is 0 Å². The summed E-state index contributed by atoms with van der Waals surface area (Å²) >= 11 is 0.786. The van der Waals surface area contributed by atoms with Crippen molar-refractivity contribution in [2.45, 2.75) is 18.0 Å². The van der Waals surface area contributed by atoms with Crippen LogP contribution < -0.4 is 4.72 Å². The van der Waals surface area contributed by atoms with Gasteiger partial charge in [-0.1, -0.05) is 0 Å². The lowest BCUT2D eigenvalue weighted by Gasteiger charge is -2.31. The second-order valence-corrected chi connectivity index (χ2v) is 7.63. The lowest BCUT2D eigenvalue weighted by molar-refractivity contribution is -0.895. The second-order valence-electron chi connectivity index (χ2n) is 5.42. The Kier molecular flexibility index (Phi) is 3.80. The summed E-state index contributed by atoms with van der Waals surface area (Å²) in [7, 11) is 1.83. The van der Waals surface area contributed by atoms with Crippen LogP contribution in [0.15, 0.2) is 17.0 Å². The van der Waals surface area contributed by atoms with Crippen molar-refractivity contribution >= 4 is 32.8 Å². The molecule has 0 fully saturated rings. The number of rotatable bonds is 4. The largest absolute Gasteiger partial charge is 0.316 e. The zero-order valence-corrected chi connectivity index (χ0v) is 13.2. The summed E-state index contributed by atoms with van der Waals surface area (Å²) < 4.78 is 49.0. The van der Waals surface area contributed by atoms with Gasteiger partial charge in [-0.05, 0) is 12.1 Å². The zero-order chi connectivity index (χ0) is 15.1. The minimum absolute atomic E-state index is 0.0178. The SMILES string of the molecule is CC(NS(=O)(=O)c1ccc(F)c2nsnc12)[N+](C)(C)C. The summed E-state index contributed by atoms with van der Waals surface area (Å²) in [6.07, 6.45) is -0.341. The molecule has 1 unspecified atom stereocenters. The van der Waals surface area contributed by atoms with E-state index in [0.717, 1.165) is 17.8 Å². The standard InChI is InChI=1S/C11H16FN4O2S2/c1-7(16(2,3)4)15-20(17,18)9-6-5-8(12)10-11(9)14-19-13-10/h5-7,15H,1-4H3/q+1. The fourth-order valence-electron chi connectivity index (χ4n) is 1.48. The van der Waals surface area contributed by atoms with Crippen molar-refractivity contribution in [1.82, 2.24) is 13.5 Å². The second kappa shape index (κ2) is 4.99. The first-order valence-electron chi connectivity index (χ1n) is 5.87. The highest BCUT2D eigenvalue weighted by atomic mass is 32.2. The van der Waals surface area contributed by atoms with Crippen LogP contribution in [0.4, 0.5) is 4.39 Å². The Labute approximate surface area is 121 Å². The van der Waals surface area contributed by atoms with Gasteiger partial charge >= 0.3 is 0 Å². The van der Waals surface area contributed by atoms with Gasteiger partial charge in [0.15, 0.2) is 12.0 Å². The van der Waals surface area contributed by atoms with E-state index in [0.29, 0.717) is 4.48 Å². The lowest BCUT2D eigenvalue weighted by atomic mass is 10.3. The van der Waals surface area contributed by atoms with Gasteiger partial charge in [0, 0.05) is 6.92 Å². The molecule has 1 aromatic heterocycles. The summed E-state index contributed by atoms with van der Waals surface area (Å²) in [5.41, 5.74) is 0.0480. The van der Waals surface area contributed by atoms with Crippen molar-refractivity contribution in [3.05, 3.63) is 17.9 Å². The number of nitrogens with one attached hydrogen (secondary N) is 1. The average Bonchev–Trinajstić information content (AvgIpc) is 2.76. The third-order valence-electron chi connectivity index (χ3n) is 3.11. The van der Waals surface area contributed by atoms with Gasteiger partial charge in [-0.25, -0.2) is 12.8 Å².